The molecule has 3 nitrogen and oxygen atoms in total. The Morgan fingerprint density at radius 3 is 1.53 bits per heavy atom. The van der Waals surface area contributed by atoms with E-state index in [0.717, 1.165) is 29.5 Å². The molecule has 0 bridgehead atoms. The average Bonchev–Trinajstić information content (AvgIpc) is 3.36. The highest BCUT2D eigenvalue weighted by molar-refractivity contribution is 6.20. The van der Waals surface area contributed by atoms with Gasteiger partial charge in [0, 0.05) is 0 Å². The molecule has 4 rings (SSSR count). The lowest BCUT2D eigenvalue weighted by atomic mass is 9.77. The van der Waals surface area contributed by atoms with Gasteiger partial charge in [0.05, 0.1) is 0 Å². The molecule has 1 heterocycles. The Balaban J connectivity index is 1.99. The van der Waals surface area contributed by atoms with Crippen molar-refractivity contribution in [2.75, 3.05) is 0 Å². The maximum Gasteiger partial charge on any atom is 0.169 e. The first kappa shape index (κ1) is 22.3. The van der Waals surface area contributed by atoms with Gasteiger partial charge in [-0.15, -0.1) is 11.6 Å². The number of hydrogen-bond acceptors (Lipinski definition) is 2. The van der Waals surface area contributed by atoms with Gasteiger partial charge in [0.2, 0.25) is 0 Å². The predicted molar refractivity (Wildman–Crippen MR) is 132 cm³/mol. The van der Waals surface area contributed by atoms with Crippen LogP contribution in [0.4, 0.5) is 0 Å². The molecule has 164 valence electrons. The van der Waals surface area contributed by atoms with E-state index in [2.05, 4.69) is 93.6 Å². The van der Waals surface area contributed by atoms with Crippen LogP contribution in [0, 0.1) is 5.41 Å². The first-order chi connectivity index (χ1) is 15.6. The molecule has 0 saturated carbocycles. The number of halogens is 1. The molecule has 0 aliphatic rings. The van der Waals surface area contributed by atoms with Crippen molar-refractivity contribution in [1.29, 1.82) is 0 Å². The lowest BCUT2D eigenvalue weighted by molar-refractivity contribution is 0.276. The van der Waals surface area contributed by atoms with Crippen molar-refractivity contribution in [1.82, 2.24) is 14.8 Å². The van der Waals surface area contributed by atoms with Crippen LogP contribution in [0.15, 0.2) is 97.3 Å². The maximum absolute atomic E-state index is 6.98. The molecular weight excluding hydrogens is 414 g/mol. The van der Waals surface area contributed by atoms with E-state index >= 15 is 0 Å². The number of rotatable bonds is 8. The van der Waals surface area contributed by atoms with Gasteiger partial charge >= 0.3 is 0 Å². The molecule has 4 aromatic rings. The Hall–Kier alpha value is -2.91. The van der Waals surface area contributed by atoms with Crippen LogP contribution in [-0.4, -0.2) is 14.8 Å². The summed E-state index contributed by atoms with van der Waals surface area (Å²) in [4.78, 5) is 4.74. The molecule has 3 aromatic carbocycles. The number of benzene rings is 3. The van der Waals surface area contributed by atoms with Crippen LogP contribution in [0.2, 0.25) is 0 Å². The zero-order valence-electron chi connectivity index (χ0n) is 18.9. The Bertz CT molecular complexity index is 1020. The minimum atomic E-state index is -0.666. The summed E-state index contributed by atoms with van der Waals surface area (Å²) in [6.45, 7) is 6.57. The van der Waals surface area contributed by atoms with Gasteiger partial charge in [-0.05, 0) is 34.9 Å². The van der Waals surface area contributed by atoms with E-state index in [1.165, 1.54) is 0 Å². The highest BCUT2D eigenvalue weighted by atomic mass is 35.5. The maximum atomic E-state index is 6.98. The molecule has 0 saturated heterocycles. The summed E-state index contributed by atoms with van der Waals surface area (Å²) in [7, 11) is 0. The summed E-state index contributed by atoms with van der Waals surface area (Å²) in [5, 5.41) is 4.78. The predicted octanol–water partition coefficient (Wildman–Crippen LogP) is 7.22. The molecule has 0 amide bonds. The third kappa shape index (κ3) is 3.75. The van der Waals surface area contributed by atoms with Crippen molar-refractivity contribution in [3.8, 4) is 0 Å². The van der Waals surface area contributed by atoms with Gasteiger partial charge in [0.15, 0.2) is 5.82 Å². The highest BCUT2D eigenvalue weighted by Gasteiger charge is 2.41. The van der Waals surface area contributed by atoms with Gasteiger partial charge in [0.25, 0.3) is 0 Å². The minimum absolute atomic E-state index is 0.0668. The fraction of sp³-hybridized carbons (Fsp3) is 0.286. The number of alkyl halides is 1. The molecule has 0 radical (unpaired) electrons. The summed E-state index contributed by atoms with van der Waals surface area (Å²) in [6.07, 6.45) is 3.77. The Kier molecular flexibility index (Phi) is 6.48. The van der Waals surface area contributed by atoms with Crippen molar-refractivity contribution in [3.05, 3.63) is 120 Å². The summed E-state index contributed by atoms with van der Waals surface area (Å²) >= 11 is 6.98. The second-order valence-electron chi connectivity index (χ2n) is 8.58. The number of aromatic nitrogens is 3. The van der Waals surface area contributed by atoms with Crippen molar-refractivity contribution in [2.24, 2.45) is 5.41 Å². The lowest BCUT2D eigenvalue weighted by Gasteiger charge is -2.36. The first-order valence-electron chi connectivity index (χ1n) is 11.3. The molecule has 0 aliphatic carbocycles. The standard InChI is InChI=1S/C28H30ClN3/c1-4-27(3,5-2)25(29)26-30-21-32(31-26)28(22-15-9-6-10-16-22,23-17-11-7-12-18-23)24-19-13-8-14-20-24/h6-21,25H,4-5H2,1-3H3. The van der Waals surface area contributed by atoms with Gasteiger partial charge in [-0.25, -0.2) is 9.67 Å². The second kappa shape index (κ2) is 9.30. The van der Waals surface area contributed by atoms with Crippen LogP contribution in [-0.2, 0) is 5.54 Å². The fourth-order valence-electron chi connectivity index (χ4n) is 4.41. The molecule has 0 fully saturated rings. The van der Waals surface area contributed by atoms with Crippen LogP contribution in [0.3, 0.4) is 0 Å². The Morgan fingerprint density at radius 1 is 0.750 bits per heavy atom. The van der Waals surface area contributed by atoms with E-state index in [0.29, 0.717) is 5.82 Å². The zero-order valence-corrected chi connectivity index (χ0v) is 19.7. The fourth-order valence-corrected chi connectivity index (χ4v) is 4.82. The second-order valence-corrected chi connectivity index (χ2v) is 9.02. The largest absolute Gasteiger partial charge is 0.233 e. The minimum Gasteiger partial charge on any atom is -0.233 e. The third-order valence-corrected chi connectivity index (χ3v) is 7.60. The normalized spacial score (nSPS) is 13.1. The van der Waals surface area contributed by atoms with E-state index < -0.39 is 5.54 Å². The van der Waals surface area contributed by atoms with E-state index in [9.17, 15) is 0 Å². The van der Waals surface area contributed by atoms with Crippen molar-refractivity contribution in [2.45, 2.75) is 44.5 Å². The van der Waals surface area contributed by atoms with E-state index in [1.54, 1.807) is 0 Å². The SMILES string of the molecule is CCC(C)(CC)C(Cl)c1ncn(C(c2ccccc2)(c2ccccc2)c2ccccc2)n1. The molecule has 0 aliphatic heterocycles. The number of nitrogens with zero attached hydrogens (tertiary/aromatic N) is 3. The van der Waals surface area contributed by atoms with Crippen LogP contribution in [0.25, 0.3) is 0 Å². The van der Waals surface area contributed by atoms with Gasteiger partial charge in [-0.2, -0.15) is 5.10 Å². The molecule has 1 atom stereocenters. The Morgan fingerprint density at radius 2 is 1.16 bits per heavy atom. The van der Waals surface area contributed by atoms with E-state index in [-0.39, 0.29) is 10.8 Å². The number of hydrogen-bond donors (Lipinski definition) is 0. The smallest absolute Gasteiger partial charge is 0.169 e. The van der Waals surface area contributed by atoms with E-state index in [1.807, 2.05) is 29.2 Å². The van der Waals surface area contributed by atoms with Crippen molar-refractivity contribution >= 4 is 11.6 Å². The third-order valence-electron chi connectivity index (χ3n) is 6.88. The van der Waals surface area contributed by atoms with Gasteiger partial charge in [-0.3, -0.25) is 0 Å². The molecule has 4 heteroatoms. The van der Waals surface area contributed by atoms with Gasteiger partial charge in [-0.1, -0.05) is 112 Å². The first-order valence-corrected chi connectivity index (χ1v) is 11.7. The molecular formula is C28H30ClN3. The molecule has 1 unspecified atom stereocenters. The quantitative estimate of drug-likeness (QED) is 0.212. The summed E-state index contributed by atoms with van der Waals surface area (Å²) in [5.74, 6) is 0.671. The van der Waals surface area contributed by atoms with Crippen LogP contribution in [0.5, 0.6) is 0 Å². The van der Waals surface area contributed by atoms with Crippen LogP contribution >= 0.6 is 11.6 Å². The summed E-state index contributed by atoms with van der Waals surface area (Å²) in [5.41, 5.74) is 2.62. The van der Waals surface area contributed by atoms with Crippen LogP contribution in [0.1, 0.15) is 61.5 Å². The zero-order chi connectivity index (χ0) is 22.6. The molecule has 32 heavy (non-hydrogen) atoms. The highest BCUT2D eigenvalue weighted by Crippen LogP contribution is 2.44. The molecule has 0 spiro atoms. The molecule has 1 aromatic heterocycles. The van der Waals surface area contributed by atoms with Gasteiger partial charge in [0.1, 0.15) is 17.2 Å². The van der Waals surface area contributed by atoms with Crippen LogP contribution < -0.4 is 0 Å². The summed E-state index contributed by atoms with van der Waals surface area (Å²) < 4.78 is 1.99. The Labute approximate surface area is 196 Å². The van der Waals surface area contributed by atoms with Crippen molar-refractivity contribution in [3.63, 3.8) is 0 Å². The lowest BCUT2D eigenvalue weighted by Crippen LogP contribution is -2.38. The van der Waals surface area contributed by atoms with Gasteiger partial charge < -0.3 is 0 Å². The average molecular weight is 444 g/mol. The monoisotopic (exact) mass is 443 g/mol. The van der Waals surface area contributed by atoms with E-state index in [4.69, 9.17) is 21.7 Å². The summed E-state index contributed by atoms with van der Waals surface area (Å²) in [6, 6.07) is 31.5. The molecule has 0 N–H and O–H groups in total. The topological polar surface area (TPSA) is 30.7 Å². The van der Waals surface area contributed by atoms with Crippen molar-refractivity contribution < 1.29 is 0 Å².